The Kier molecular flexibility index (Phi) is 9.42. The van der Waals surface area contributed by atoms with E-state index in [4.69, 9.17) is 18.9 Å². The normalized spacial score (nSPS) is 22.0. The molecule has 8 nitrogen and oxygen atoms in total. The number of carbonyl (C=O) groups excluding carboxylic acids is 1. The van der Waals surface area contributed by atoms with Crippen LogP contribution in [0.5, 0.6) is 11.5 Å². The number of hydrogen-bond acceptors (Lipinski definition) is 7. The number of benzene rings is 3. The first-order chi connectivity index (χ1) is 19.1. The summed E-state index contributed by atoms with van der Waals surface area (Å²) in [7, 11) is 1.44. The van der Waals surface area contributed by atoms with Gasteiger partial charge in [-0.25, -0.2) is 4.39 Å². The first-order valence-electron chi connectivity index (χ1n) is 13.2. The second-order valence-corrected chi connectivity index (χ2v) is 10.3. The second kappa shape index (κ2) is 12.8. The third-order valence-corrected chi connectivity index (χ3v) is 6.86. The van der Waals surface area contributed by atoms with Crippen molar-refractivity contribution in [2.24, 2.45) is 0 Å². The maximum Gasteiger partial charge on any atom is 0.229 e. The molecule has 0 unspecified atom stereocenters. The molecule has 214 valence electrons. The Bertz CT molecular complexity index is 1300. The Hall–Kier alpha value is -3.50. The molecule has 40 heavy (non-hydrogen) atoms. The van der Waals surface area contributed by atoms with Crippen LogP contribution in [0.2, 0.25) is 0 Å². The molecule has 0 radical (unpaired) electrons. The van der Waals surface area contributed by atoms with Crippen LogP contribution in [-0.2, 0) is 27.3 Å². The second-order valence-electron chi connectivity index (χ2n) is 10.3. The van der Waals surface area contributed by atoms with Gasteiger partial charge in [-0.3, -0.25) is 4.79 Å². The SMILES string of the molecule is CO[C@@H]1[C@@H](O)[C@@H](O)[C@H](Oc2ccc(CCNC(C)=O)c(-c3cccc(F)c3)c2OCc2ccccc2)OC1(C)C. The van der Waals surface area contributed by atoms with Gasteiger partial charge in [-0.05, 0) is 55.2 Å². The summed E-state index contributed by atoms with van der Waals surface area (Å²) in [5.41, 5.74) is 1.84. The minimum absolute atomic E-state index is 0.160. The van der Waals surface area contributed by atoms with E-state index in [0.29, 0.717) is 29.8 Å². The van der Waals surface area contributed by atoms with Gasteiger partial charge in [-0.15, -0.1) is 0 Å². The molecule has 0 spiro atoms. The molecule has 3 N–H and O–H groups in total. The van der Waals surface area contributed by atoms with Crippen LogP contribution >= 0.6 is 0 Å². The van der Waals surface area contributed by atoms with E-state index in [2.05, 4.69) is 5.32 Å². The Morgan fingerprint density at radius 2 is 1.80 bits per heavy atom. The average molecular weight is 554 g/mol. The van der Waals surface area contributed by atoms with Crippen LogP contribution in [0.15, 0.2) is 66.7 Å². The summed E-state index contributed by atoms with van der Waals surface area (Å²) < 4.78 is 38.4. The van der Waals surface area contributed by atoms with Crippen LogP contribution in [0.25, 0.3) is 11.1 Å². The highest BCUT2D eigenvalue weighted by Gasteiger charge is 2.50. The molecule has 4 rings (SSSR count). The van der Waals surface area contributed by atoms with Gasteiger partial charge in [0.1, 0.15) is 30.7 Å². The Labute approximate surface area is 233 Å². The largest absolute Gasteiger partial charge is 0.484 e. The smallest absolute Gasteiger partial charge is 0.229 e. The predicted octanol–water partition coefficient (Wildman–Crippen LogP) is 4.00. The number of aliphatic hydroxyl groups is 2. The van der Waals surface area contributed by atoms with Crippen LogP contribution in [0.4, 0.5) is 4.39 Å². The van der Waals surface area contributed by atoms with Crippen LogP contribution in [-0.4, -0.2) is 60.0 Å². The van der Waals surface area contributed by atoms with E-state index < -0.39 is 36.0 Å². The first-order valence-corrected chi connectivity index (χ1v) is 13.2. The van der Waals surface area contributed by atoms with Gasteiger partial charge in [0.2, 0.25) is 12.2 Å². The molecule has 4 atom stereocenters. The summed E-state index contributed by atoms with van der Waals surface area (Å²) in [6.45, 7) is 5.46. The van der Waals surface area contributed by atoms with Crippen molar-refractivity contribution >= 4 is 5.91 Å². The lowest BCUT2D eigenvalue weighted by Crippen LogP contribution is -2.63. The van der Waals surface area contributed by atoms with Gasteiger partial charge in [0.05, 0.1) is 5.60 Å². The van der Waals surface area contributed by atoms with Gasteiger partial charge >= 0.3 is 0 Å². The van der Waals surface area contributed by atoms with Crippen molar-refractivity contribution in [3.63, 3.8) is 0 Å². The predicted molar refractivity (Wildman–Crippen MR) is 147 cm³/mol. The summed E-state index contributed by atoms with van der Waals surface area (Å²) in [6.07, 6.45) is -4.28. The van der Waals surface area contributed by atoms with E-state index in [-0.39, 0.29) is 18.3 Å². The summed E-state index contributed by atoms with van der Waals surface area (Å²) in [4.78, 5) is 11.5. The van der Waals surface area contributed by atoms with Crippen LogP contribution in [0, 0.1) is 5.82 Å². The lowest BCUT2D eigenvalue weighted by atomic mass is 9.89. The number of aliphatic hydroxyl groups excluding tert-OH is 2. The zero-order chi connectivity index (χ0) is 28.9. The van der Waals surface area contributed by atoms with Crippen LogP contribution in [0.1, 0.15) is 31.9 Å². The van der Waals surface area contributed by atoms with Crippen molar-refractivity contribution in [1.29, 1.82) is 0 Å². The fraction of sp³-hybridized carbons (Fsp3) is 0.387. The molecule has 1 fully saturated rings. The van der Waals surface area contributed by atoms with Gasteiger partial charge in [-0.1, -0.05) is 48.5 Å². The lowest BCUT2D eigenvalue weighted by molar-refractivity contribution is -0.306. The van der Waals surface area contributed by atoms with Gasteiger partial charge in [0.15, 0.2) is 11.5 Å². The minimum Gasteiger partial charge on any atom is -0.484 e. The lowest BCUT2D eigenvalue weighted by Gasteiger charge is -2.46. The standard InChI is InChI=1S/C31H36FNO7/c1-19(34)33-16-15-21-13-14-24(39-30-27(36)26(35)29(37-4)31(2,3)40-30)28(38-18-20-9-6-5-7-10-20)25(21)22-11-8-12-23(32)17-22/h5-14,17,26-27,29-30,35-36H,15-16,18H2,1-4H3,(H,33,34)/t26-,27+,29+,30+/m0/s1. The summed E-state index contributed by atoms with van der Waals surface area (Å²) >= 11 is 0. The Morgan fingerprint density at radius 1 is 1.05 bits per heavy atom. The summed E-state index contributed by atoms with van der Waals surface area (Å²) in [5, 5.41) is 24.4. The van der Waals surface area contributed by atoms with E-state index in [1.54, 1.807) is 32.0 Å². The van der Waals surface area contributed by atoms with E-state index >= 15 is 0 Å². The number of nitrogens with one attached hydrogen (secondary N) is 1. The Morgan fingerprint density at radius 3 is 2.48 bits per heavy atom. The maximum atomic E-state index is 14.4. The van der Waals surface area contributed by atoms with Crippen LogP contribution in [0.3, 0.4) is 0 Å². The van der Waals surface area contributed by atoms with E-state index in [0.717, 1.165) is 11.1 Å². The fourth-order valence-corrected chi connectivity index (χ4v) is 4.94. The van der Waals surface area contributed by atoms with E-state index in [9.17, 15) is 19.4 Å². The third kappa shape index (κ3) is 6.79. The van der Waals surface area contributed by atoms with Gasteiger partial charge in [0.25, 0.3) is 0 Å². The maximum absolute atomic E-state index is 14.4. The molecule has 3 aromatic carbocycles. The highest BCUT2D eigenvalue weighted by molar-refractivity contribution is 5.78. The zero-order valence-corrected chi connectivity index (χ0v) is 23.1. The zero-order valence-electron chi connectivity index (χ0n) is 23.1. The number of amides is 1. The molecule has 0 saturated carbocycles. The molecule has 1 saturated heterocycles. The molecule has 0 aliphatic carbocycles. The van der Waals surface area contributed by atoms with Crippen molar-refractivity contribution in [2.75, 3.05) is 13.7 Å². The fourth-order valence-electron chi connectivity index (χ4n) is 4.94. The monoisotopic (exact) mass is 553 g/mol. The molecule has 9 heteroatoms. The van der Waals surface area contributed by atoms with Crippen molar-refractivity contribution in [1.82, 2.24) is 5.32 Å². The number of methoxy groups -OCH3 is 1. The molecule has 0 aromatic heterocycles. The van der Waals surface area contributed by atoms with Crippen molar-refractivity contribution < 1.29 is 38.3 Å². The highest BCUT2D eigenvalue weighted by Crippen LogP contribution is 2.43. The average Bonchev–Trinajstić information content (AvgIpc) is 2.91. The third-order valence-electron chi connectivity index (χ3n) is 6.86. The number of hydrogen-bond donors (Lipinski definition) is 3. The molecule has 1 amide bonds. The molecule has 1 heterocycles. The molecule has 0 bridgehead atoms. The molecule has 1 aliphatic heterocycles. The topological polar surface area (TPSA) is 106 Å². The molecule has 3 aromatic rings. The molecule has 1 aliphatic rings. The van der Waals surface area contributed by atoms with Crippen LogP contribution < -0.4 is 14.8 Å². The van der Waals surface area contributed by atoms with Gasteiger partial charge < -0.3 is 34.5 Å². The van der Waals surface area contributed by atoms with Crippen molar-refractivity contribution in [3.05, 3.63) is 83.7 Å². The van der Waals surface area contributed by atoms with E-state index in [1.165, 1.54) is 26.2 Å². The quantitative estimate of drug-likeness (QED) is 0.349. The highest BCUT2D eigenvalue weighted by atomic mass is 19.1. The molecular formula is C31H36FNO7. The van der Waals surface area contributed by atoms with E-state index in [1.807, 2.05) is 36.4 Å². The van der Waals surface area contributed by atoms with Crippen molar-refractivity contribution in [3.8, 4) is 22.6 Å². The number of halogens is 1. The Balaban J connectivity index is 1.79. The summed E-state index contributed by atoms with van der Waals surface area (Å²) in [6, 6.07) is 19.2. The minimum atomic E-state index is -1.42. The number of rotatable bonds is 10. The number of carbonyl (C=O) groups is 1. The number of ether oxygens (including phenoxy) is 4. The molecular weight excluding hydrogens is 517 g/mol. The van der Waals surface area contributed by atoms with Crippen molar-refractivity contribution in [2.45, 2.75) is 64.0 Å². The summed E-state index contributed by atoms with van der Waals surface area (Å²) in [5.74, 6) is -0.0351. The van der Waals surface area contributed by atoms with Gasteiger partial charge in [0, 0.05) is 26.1 Å². The first kappa shape index (κ1) is 29.5. The van der Waals surface area contributed by atoms with Gasteiger partial charge in [-0.2, -0.15) is 0 Å².